The molecule has 7 nitrogen and oxygen atoms in total. The number of fused-ring (bicyclic) bond motifs is 1. The van der Waals surface area contributed by atoms with E-state index in [9.17, 15) is 0 Å². The summed E-state index contributed by atoms with van der Waals surface area (Å²) in [6.45, 7) is 2.01. The molecule has 0 saturated heterocycles. The number of nitrogens with zero attached hydrogens (tertiary/aromatic N) is 3. The SMILES string of the molecule is COc1cc(C)cc(Nc2nc3ncccc3nc2NSc2cccc(N)c2)c1. The van der Waals surface area contributed by atoms with Crippen molar-refractivity contribution in [3.8, 4) is 5.75 Å². The van der Waals surface area contributed by atoms with Crippen LogP contribution in [0.4, 0.5) is 23.0 Å². The predicted molar refractivity (Wildman–Crippen MR) is 119 cm³/mol. The summed E-state index contributed by atoms with van der Waals surface area (Å²) in [5, 5.41) is 3.33. The number of nitrogens with two attached hydrogens (primary N) is 1. The zero-order valence-electron chi connectivity index (χ0n) is 16.0. The number of nitrogens with one attached hydrogen (secondary N) is 2. The molecule has 0 bridgehead atoms. The van der Waals surface area contributed by atoms with Gasteiger partial charge in [-0.2, -0.15) is 0 Å². The van der Waals surface area contributed by atoms with E-state index < -0.39 is 0 Å². The maximum absolute atomic E-state index is 5.87. The summed E-state index contributed by atoms with van der Waals surface area (Å²) in [5.74, 6) is 1.93. The van der Waals surface area contributed by atoms with Gasteiger partial charge in [0.25, 0.3) is 0 Å². The highest BCUT2D eigenvalue weighted by molar-refractivity contribution is 8.00. The molecule has 146 valence electrons. The van der Waals surface area contributed by atoms with Crippen molar-refractivity contribution in [1.29, 1.82) is 0 Å². The van der Waals surface area contributed by atoms with Gasteiger partial charge in [0.15, 0.2) is 17.3 Å². The summed E-state index contributed by atoms with van der Waals surface area (Å²) >= 11 is 1.41. The Kier molecular flexibility index (Phi) is 5.35. The summed E-state index contributed by atoms with van der Waals surface area (Å²) in [6.07, 6.45) is 1.70. The number of anilines is 4. The first-order valence-electron chi connectivity index (χ1n) is 8.94. The quantitative estimate of drug-likeness (QED) is 0.312. The first kappa shape index (κ1) is 18.8. The van der Waals surface area contributed by atoms with E-state index in [2.05, 4.69) is 20.0 Å². The van der Waals surface area contributed by atoms with E-state index >= 15 is 0 Å². The number of nitrogen functional groups attached to an aromatic ring is 1. The van der Waals surface area contributed by atoms with Gasteiger partial charge in [-0.25, -0.2) is 15.0 Å². The van der Waals surface area contributed by atoms with Crippen LogP contribution >= 0.6 is 11.9 Å². The van der Waals surface area contributed by atoms with E-state index in [4.69, 9.17) is 15.5 Å². The molecule has 8 heteroatoms. The maximum atomic E-state index is 5.87. The van der Waals surface area contributed by atoms with Crippen molar-refractivity contribution in [2.45, 2.75) is 11.8 Å². The maximum Gasteiger partial charge on any atom is 0.180 e. The first-order chi connectivity index (χ1) is 14.1. The Morgan fingerprint density at radius 1 is 1.00 bits per heavy atom. The molecule has 0 saturated carbocycles. The van der Waals surface area contributed by atoms with Gasteiger partial charge in [-0.15, -0.1) is 0 Å². The van der Waals surface area contributed by atoms with Gasteiger partial charge in [0.2, 0.25) is 0 Å². The van der Waals surface area contributed by atoms with Crippen molar-refractivity contribution in [3.63, 3.8) is 0 Å². The Morgan fingerprint density at radius 2 is 1.90 bits per heavy atom. The number of pyridine rings is 1. The summed E-state index contributed by atoms with van der Waals surface area (Å²) < 4.78 is 8.65. The second-order valence-corrected chi connectivity index (χ2v) is 7.29. The van der Waals surface area contributed by atoms with Crippen LogP contribution in [0.1, 0.15) is 5.56 Å². The Morgan fingerprint density at radius 3 is 2.72 bits per heavy atom. The molecule has 4 aromatic rings. The number of methoxy groups -OCH3 is 1. The van der Waals surface area contributed by atoms with Crippen LogP contribution in [-0.4, -0.2) is 22.1 Å². The highest BCUT2D eigenvalue weighted by Gasteiger charge is 2.11. The van der Waals surface area contributed by atoms with Gasteiger partial charge in [-0.1, -0.05) is 6.07 Å². The Balaban J connectivity index is 1.69. The van der Waals surface area contributed by atoms with Crippen molar-refractivity contribution >= 4 is 46.1 Å². The number of rotatable bonds is 6. The van der Waals surface area contributed by atoms with Crippen molar-refractivity contribution in [2.24, 2.45) is 0 Å². The zero-order chi connectivity index (χ0) is 20.2. The third-order valence-corrected chi connectivity index (χ3v) is 4.90. The number of hydrogen-bond donors (Lipinski definition) is 3. The molecule has 0 unspecified atom stereocenters. The van der Waals surface area contributed by atoms with Crippen molar-refractivity contribution in [3.05, 3.63) is 66.4 Å². The Hall–Kier alpha value is -3.52. The molecule has 0 aliphatic rings. The summed E-state index contributed by atoms with van der Waals surface area (Å²) in [7, 11) is 1.65. The highest BCUT2D eigenvalue weighted by Crippen LogP contribution is 2.30. The lowest BCUT2D eigenvalue weighted by atomic mass is 10.2. The van der Waals surface area contributed by atoms with E-state index in [1.807, 2.05) is 61.5 Å². The van der Waals surface area contributed by atoms with Crippen LogP contribution in [0.15, 0.2) is 65.7 Å². The molecule has 2 aromatic carbocycles. The molecule has 2 heterocycles. The summed E-state index contributed by atoms with van der Waals surface area (Å²) in [6, 6.07) is 17.2. The number of benzene rings is 2. The summed E-state index contributed by atoms with van der Waals surface area (Å²) in [5.41, 5.74) is 9.77. The lowest BCUT2D eigenvalue weighted by molar-refractivity contribution is 0.414. The van der Waals surface area contributed by atoms with Crippen molar-refractivity contribution < 1.29 is 4.74 Å². The minimum atomic E-state index is 0.564. The van der Waals surface area contributed by atoms with Gasteiger partial charge in [0, 0.05) is 28.5 Å². The molecule has 0 fully saturated rings. The van der Waals surface area contributed by atoms with Crippen LogP contribution in [0.3, 0.4) is 0 Å². The van der Waals surface area contributed by atoms with Crippen molar-refractivity contribution in [1.82, 2.24) is 15.0 Å². The lowest BCUT2D eigenvalue weighted by Gasteiger charge is -2.14. The number of aromatic nitrogens is 3. The molecule has 29 heavy (non-hydrogen) atoms. The normalized spacial score (nSPS) is 10.7. The largest absolute Gasteiger partial charge is 0.497 e. The molecule has 0 amide bonds. The molecule has 0 radical (unpaired) electrons. The standard InChI is InChI=1S/C21H20N6OS/c1-13-9-15(12-16(10-13)28-2)24-20-21(25-18-7-4-8-23-19(18)26-20)27-29-17-6-3-5-14(22)11-17/h3-12H,22H2,1-2H3,(H,25,27)(H,23,24,26). The minimum Gasteiger partial charge on any atom is -0.497 e. The fraction of sp³-hybridized carbons (Fsp3) is 0.0952. The van der Waals surface area contributed by atoms with E-state index in [-0.39, 0.29) is 0 Å². The Labute approximate surface area is 172 Å². The van der Waals surface area contributed by atoms with E-state index in [0.717, 1.165) is 21.9 Å². The number of aryl methyl sites for hydroxylation is 1. The zero-order valence-corrected chi connectivity index (χ0v) is 16.8. The molecular formula is C21H20N6OS. The van der Waals surface area contributed by atoms with Crippen LogP contribution in [0.25, 0.3) is 11.2 Å². The molecule has 0 atom stereocenters. The van der Waals surface area contributed by atoms with Gasteiger partial charge >= 0.3 is 0 Å². The van der Waals surface area contributed by atoms with Gasteiger partial charge < -0.3 is 20.5 Å². The predicted octanol–water partition coefficient (Wildman–Crippen LogP) is 4.79. The van der Waals surface area contributed by atoms with Crippen LogP contribution in [0.2, 0.25) is 0 Å². The van der Waals surface area contributed by atoms with Crippen LogP contribution in [-0.2, 0) is 0 Å². The third-order valence-electron chi connectivity index (χ3n) is 4.11. The molecule has 4 N–H and O–H groups in total. The average Bonchev–Trinajstić information content (AvgIpc) is 2.72. The molecule has 0 aliphatic heterocycles. The highest BCUT2D eigenvalue weighted by atomic mass is 32.2. The lowest BCUT2D eigenvalue weighted by Crippen LogP contribution is -2.03. The van der Waals surface area contributed by atoms with E-state index in [1.54, 1.807) is 13.3 Å². The van der Waals surface area contributed by atoms with Gasteiger partial charge in [-0.3, -0.25) is 0 Å². The second kappa shape index (κ2) is 8.24. The molecule has 2 aromatic heterocycles. The van der Waals surface area contributed by atoms with Gasteiger partial charge in [-0.05, 0) is 66.9 Å². The molecule has 0 aliphatic carbocycles. The second-order valence-electron chi connectivity index (χ2n) is 6.41. The van der Waals surface area contributed by atoms with Crippen LogP contribution < -0.4 is 20.5 Å². The number of ether oxygens (including phenoxy) is 1. The fourth-order valence-corrected chi connectivity index (χ4v) is 3.51. The average molecular weight is 404 g/mol. The van der Waals surface area contributed by atoms with Crippen molar-refractivity contribution in [2.75, 3.05) is 22.9 Å². The smallest absolute Gasteiger partial charge is 0.180 e. The first-order valence-corrected chi connectivity index (χ1v) is 9.76. The van der Waals surface area contributed by atoms with Gasteiger partial charge in [0.1, 0.15) is 11.3 Å². The molecular weight excluding hydrogens is 384 g/mol. The van der Waals surface area contributed by atoms with E-state index in [1.165, 1.54) is 11.9 Å². The van der Waals surface area contributed by atoms with Crippen LogP contribution in [0, 0.1) is 6.92 Å². The summed E-state index contributed by atoms with van der Waals surface area (Å²) in [4.78, 5) is 14.6. The number of hydrogen-bond acceptors (Lipinski definition) is 8. The topological polar surface area (TPSA) is 98.0 Å². The fourth-order valence-electron chi connectivity index (χ4n) is 2.81. The third kappa shape index (κ3) is 4.49. The molecule has 0 spiro atoms. The monoisotopic (exact) mass is 404 g/mol. The minimum absolute atomic E-state index is 0.564. The Bertz CT molecular complexity index is 1170. The van der Waals surface area contributed by atoms with E-state index in [0.29, 0.717) is 28.5 Å². The van der Waals surface area contributed by atoms with Gasteiger partial charge in [0.05, 0.1) is 7.11 Å². The van der Waals surface area contributed by atoms with Crippen LogP contribution in [0.5, 0.6) is 5.75 Å². The molecule has 4 rings (SSSR count).